The number of ether oxygens (including phenoxy) is 9. The highest BCUT2D eigenvalue weighted by atomic mass is 28.4. The van der Waals surface area contributed by atoms with Crippen LogP contribution in [0.3, 0.4) is 0 Å². The normalized spacial score (nSPS) is 21.3. The molecule has 0 aliphatic carbocycles. The van der Waals surface area contributed by atoms with E-state index in [0.717, 1.165) is 49.0 Å². The van der Waals surface area contributed by atoms with Crippen LogP contribution in [-0.4, -0.2) is 132 Å². The van der Waals surface area contributed by atoms with Crippen LogP contribution in [0.5, 0.6) is 11.5 Å². The van der Waals surface area contributed by atoms with Crippen molar-refractivity contribution in [3.63, 3.8) is 0 Å². The number of Topliss-reactive ketones (excluding diaryl/α,β-unsaturated/α-hetero) is 1. The number of carbonyl (C=O) groups is 2. The van der Waals surface area contributed by atoms with Crippen molar-refractivity contribution < 1.29 is 65.5 Å². The fraction of sp³-hybridized carbons (Fsp3) is 0.754. The molecule has 2 saturated heterocycles. The fourth-order valence-electron chi connectivity index (χ4n) is 9.59. The van der Waals surface area contributed by atoms with E-state index in [2.05, 4.69) is 113 Å². The molecule has 2 aromatic carbocycles. The zero-order valence-electron chi connectivity index (χ0n) is 54.8. The van der Waals surface area contributed by atoms with E-state index < -0.39 is 67.2 Å². The summed E-state index contributed by atoms with van der Waals surface area (Å²) >= 11 is 0. The van der Waals surface area contributed by atoms with Crippen molar-refractivity contribution in [2.24, 2.45) is 5.92 Å². The summed E-state index contributed by atoms with van der Waals surface area (Å²) in [5.41, 5.74) is 1.86. The Morgan fingerprint density at radius 1 is 0.695 bits per heavy atom. The monoisotopic (exact) mass is 1200 g/mol. The van der Waals surface area contributed by atoms with E-state index in [0.29, 0.717) is 31.8 Å². The molecule has 0 unspecified atom stereocenters. The molecule has 0 spiro atoms. The lowest BCUT2D eigenvalue weighted by Crippen LogP contribution is -2.49. The smallest absolute Gasteiger partial charge is 0.338 e. The second-order valence-electron chi connectivity index (χ2n) is 27.8. The number of hydrogen-bond acceptors (Lipinski definition) is 14. The van der Waals surface area contributed by atoms with Crippen molar-refractivity contribution in [3.05, 3.63) is 59.7 Å². The SMILES string of the molecule is CCOC(=O)[C@@H]1OC(C)(C)O[C@@H]1[C@@H](OCc1ccc(OC)cc1)[C@H](CCC(=O)C#C[C@H](C)[C@@H](C[C@H](C[C@@H](C[C@@H]1CCC[C@H](CCO[Si](C)(C)C(C)(C)C)O1)O[Si](C)(C)C(C)(C)C)O[Si](C)(C)C(C)(C)C)OCc1ccc(OC)cc1)OC. The van der Waals surface area contributed by atoms with Crippen LogP contribution in [0, 0.1) is 17.8 Å². The number of esters is 1. The summed E-state index contributed by atoms with van der Waals surface area (Å²) in [4.78, 5) is 27.5. The molecule has 2 aromatic rings. The number of benzene rings is 2. The summed E-state index contributed by atoms with van der Waals surface area (Å²) in [6, 6.07) is 15.4. The molecule has 0 amide bonds. The van der Waals surface area contributed by atoms with Gasteiger partial charge in [-0.15, -0.1) is 0 Å². The zero-order valence-corrected chi connectivity index (χ0v) is 57.8. The number of ketones is 1. The topological polar surface area (TPSA) is 145 Å². The van der Waals surface area contributed by atoms with Crippen molar-refractivity contribution in [2.75, 3.05) is 34.5 Å². The Labute approximate surface area is 499 Å². The van der Waals surface area contributed by atoms with Gasteiger partial charge in [-0.2, -0.15) is 0 Å². The van der Waals surface area contributed by atoms with Crippen LogP contribution in [0.15, 0.2) is 48.5 Å². The van der Waals surface area contributed by atoms with E-state index in [1.807, 2.05) is 55.5 Å². The molecule has 0 N–H and O–H groups in total. The fourth-order valence-corrected chi connectivity index (χ4v) is 13.4. The molecule has 2 aliphatic rings. The largest absolute Gasteiger partial charge is 0.497 e. The molecule has 0 radical (unpaired) electrons. The average molecular weight is 1200 g/mol. The first-order chi connectivity index (χ1) is 38.0. The minimum absolute atomic E-state index is 0.0200. The third-order valence-electron chi connectivity index (χ3n) is 17.7. The molecule has 2 aliphatic heterocycles. The second kappa shape index (κ2) is 31.1. The third-order valence-corrected chi connectivity index (χ3v) is 31.4. The predicted molar refractivity (Wildman–Crippen MR) is 334 cm³/mol. The van der Waals surface area contributed by atoms with Gasteiger partial charge < -0.3 is 55.9 Å². The van der Waals surface area contributed by atoms with Crippen LogP contribution in [0.2, 0.25) is 54.4 Å². The standard InChI is InChI=1S/C65H110O14Si3/c1-23-71-61(67)60-59(76-65(12,13)77-60)58(73-45-48-30-36-51(69-15)37-31-48)56(70-16)38-33-49(66)32-27-46(2)57(72-44-47-28-34-50(68-14)35-29-47)43-55(79-82(21,22)64(9,10)11)42-54(78-81(19,20)63(6,7)8)41-53-26-24-25-52(75-53)39-40-74-80(17,18)62(3,4)5/h28-31,34-37,46,52-60H,23-26,33,38-45H2,1-22H3/t46-,52+,53-,54+,55-,56-,57+,58-,59+,60+/m0/s1. The van der Waals surface area contributed by atoms with Gasteiger partial charge in [0.25, 0.3) is 0 Å². The lowest BCUT2D eigenvalue weighted by Gasteiger charge is -2.44. The summed E-state index contributed by atoms with van der Waals surface area (Å²) < 4.78 is 77.1. The van der Waals surface area contributed by atoms with Gasteiger partial charge in [-0.25, -0.2) is 4.79 Å². The summed E-state index contributed by atoms with van der Waals surface area (Å²) in [7, 11) is -1.73. The molecule has 0 saturated carbocycles. The van der Waals surface area contributed by atoms with Gasteiger partial charge in [0.05, 0.1) is 58.5 Å². The van der Waals surface area contributed by atoms with Crippen molar-refractivity contribution >= 4 is 36.7 Å². The molecular weight excluding hydrogens is 1090 g/mol. The van der Waals surface area contributed by atoms with Gasteiger partial charge in [0.1, 0.15) is 23.7 Å². The van der Waals surface area contributed by atoms with Gasteiger partial charge >= 0.3 is 5.97 Å². The maximum absolute atomic E-state index is 14.1. The molecule has 17 heteroatoms. The Bertz CT molecular complexity index is 2310. The van der Waals surface area contributed by atoms with Gasteiger partial charge in [-0.1, -0.05) is 92.5 Å². The molecule has 466 valence electrons. The number of hydrogen-bond donors (Lipinski definition) is 0. The quantitative estimate of drug-likeness (QED) is 0.0305. The third kappa shape index (κ3) is 22.1. The summed E-state index contributed by atoms with van der Waals surface area (Å²) in [6.07, 6.45) is 2.10. The molecular formula is C65H110O14Si3. The lowest BCUT2D eigenvalue weighted by molar-refractivity contribution is -0.177. The van der Waals surface area contributed by atoms with Crippen molar-refractivity contribution in [1.29, 1.82) is 0 Å². The maximum Gasteiger partial charge on any atom is 0.338 e. The van der Waals surface area contributed by atoms with Gasteiger partial charge in [-0.05, 0) is 175 Å². The molecule has 2 fully saturated rings. The Balaban J connectivity index is 1.67. The van der Waals surface area contributed by atoms with Gasteiger partial charge in [0.15, 0.2) is 36.8 Å². The van der Waals surface area contributed by atoms with Gasteiger partial charge in [-0.3, -0.25) is 4.79 Å². The van der Waals surface area contributed by atoms with Crippen molar-refractivity contribution in [1.82, 2.24) is 0 Å². The van der Waals surface area contributed by atoms with Crippen molar-refractivity contribution in [3.8, 4) is 23.3 Å². The number of carbonyl (C=O) groups excluding carboxylic acids is 2. The van der Waals surface area contributed by atoms with Crippen LogP contribution in [0.1, 0.15) is 159 Å². The van der Waals surface area contributed by atoms with Crippen LogP contribution >= 0.6 is 0 Å². The van der Waals surface area contributed by atoms with Gasteiger partial charge in [0, 0.05) is 38.3 Å². The molecule has 0 aromatic heterocycles. The van der Waals surface area contributed by atoms with Crippen molar-refractivity contribution in [2.45, 2.75) is 276 Å². The Kier molecular flexibility index (Phi) is 27.1. The second-order valence-corrected chi connectivity index (χ2v) is 42.1. The van der Waals surface area contributed by atoms with Crippen LogP contribution < -0.4 is 9.47 Å². The summed E-state index contributed by atoms with van der Waals surface area (Å²) in [6.45, 7) is 43.2. The Morgan fingerprint density at radius 3 is 1.73 bits per heavy atom. The van der Waals surface area contributed by atoms with Gasteiger partial charge in [0.2, 0.25) is 5.78 Å². The molecule has 4 rings (SSSR count). The van der Waals surface area contributed by atoms with E-state index in [4.69, 9.17) is 55.9 Å². The molecule has 0 bridgehead atoms. The number of methoxy groups -OCH3 is 3. The Hall–Kier alpha value is -2.97. The first-order valence-electron chi connectivity index (χ1n) is 30.3. The van der Waals surface area contributed by atoms with E-state index in [1.54, 1.807) is 42.1 Å². The highest BCUT2D eigenvalue weighted by molar-refractivity contribution is 6.75. The maximum atomic E-state index is 14.1. The van der Waals surface area contributed by atoms with Crippen LogP contribution in [-0.2, 0) is 69.2 Å². The number of rotatable bonds is 31. The van der Waals surface area contributed by atoms with E-state index >= 15 is 0 Å². The van der Waals surface area contributed by atoms with E-state index in [-0.39, 0.29) is 77.3 Å². The predicted octanol–water partition coefficient (Wildman–Crippen LogP) is 14.6. The van der Waals surface area contributed by atoms with Crippen LogP contribution in [0.4, 0.5) is 0 Å². The molecule has 2 heterocycles. The first kappa shape index (κ1) is 71.5. The molecule has 10 atom stereocenters. The Morgan fingerprint density at radius 2 is 1.22 bits per heavy atom. The average Bonchev–Trinajstić information content (AvgIpc) is 3.95. The molecule has 14 nitrogen and oxygen atoms in total. The van der Waals surface area contributed by atoms with E-state index in [9.17, 15) is 9.59 Å². The highest BCUT2D eigenvalue weighted by Gasteiger charge is 2.52. The minimum atomic E-state index is -2.39. The minimum Gasteiger partial charge on any atom is -0.497 e. The zero-order chi connectivity index (χ0) is 61.5. The lowest BCUT2D eigenvalue weighted by atomic mass is 9.93. The molecule has 82 heavy (non-hydrogen) atoms. The first-order valence-corrected chi connectivity index (χ1v) is 39.0. The van der Waals surface area contributed by atoms with E-state index in [1.165, 1.54) is 0 Å². The highest BCUT2D eigenvalue weighted by Crippen LogP contribution is 2.43. The van der Waals surface area contributed by atoms with Crippen LogP contribution in [0.25, 0.3) is 0 Å². The summed E-state index contributed by atoms with van der Waals surface area (Å²) in [5, 5.41) is 0.0569. The summed E-state index contributed by atoms with van der Waals surface area (Å²) in [5.74, 6) is 5.52.